The molecule has 2 aromatic rings. The number of nitrogens with one attached hydrogen (secondary N) is 1. The fraction of sp³-hybridized carbons (Fsp3) is 0.633. The van der Waals surface area contributed by atoms with E-state index >= 15 is 0 Å². The van der Waals surface area contributed by atoms with Gasteiger partial charge in [-0.25, -0.2) is 9.46 Å². The number of unbranched alkanes of at least 4 members (excludes halogenated alkanes) is 5. The maximum absolute atomic E-state index is 12.9. The molecule has 1 saturated heterocycles. The van der Waals surface area contributed by atoms with Gasteiger partial charge in [-0.2, -0.15) is 4.98 Å². The summed E-state index contributed by atoms with van der Waals surface area (Å²) < 4.78 is 22.6. The Morgan fingerprint density at radius 2 is 1.80 bits per heavy atom. The molecule has 0 saturated carbocycles. The summed E-state index contributed by atoms with van der Waals surface area (Å²) in [7, 11) is -1.42. The van der Waals surface area contributed by atoms with Gasteiger partial charge >= 0.3 is 5.69 Å². The number of aromatic nitrogens is 2. The van der Waals surface area contributed by atoms with Gasteiger partial charge < -0.3 is 24.2 Å². The Morgan fingerprint density at radius 1 is 1.12 bits per heavy atom. The van der Waals surface area contributed by atoms with E-state index in [9.17, 15) is 14.7 Å². The Bertz CT molecular complexity index is 1110. The summed E-state index contributed by atoms with van der Waals surface area (Å²) in [4.78, 5) is 29.4. The lowest BCUT2D eigenvalue weighted by atomic mass is 10.1. The van der Waals surface area contributed by atoms with Crippen LogP contribution in [0, 0.1) is 0 Å². The molecule has 1 aromatic heterocycles. The number of anilines is 1. The van der Waals surface area contributed by atoms with Crippen molar-refractivity contribution in [2.75, 3.05) is 18.5 Å². The molecule has 0 aliphatic carbocycles. The first-order chi connectivity index (χ1) is 19.7. The van der Waals surface area contributed by atoms with Crippen LogP contribution in [0.2, 0.25) is 0 Å². The summed E-state index contributed by atoms with van der Waals surface area (Å²) in [6.45, 7) is 11.0. The third-order valence-corrected chi connectivity index (χ3v) is 9.11. The first-order valence-electron chi connectivity index (χ1n) is 14.8. The maximum atomic E-state index is 12.9. The molecule has 1 amide bonds. The molecule has 3 rings (SSSR count). The molecule has 2 heterocycles. The lowest BCUT2D eigenvalue weighted by Gasteiger charge is -2.37. The molecular formula is C30H47N4O6P. The summed E-state index contributed by atoms with van der Waals surface area (Å²) in [5.74, 6) is -0.198. The predicted molar refractivity (Wildman–Crippen MR) is 162 cm³/mol. The molecule has 0 bridgehead atoms. The number of hydrogen-bond donors (Lipinski definition) is 2. The number of aliphatic hydroxyl groups is 1. The van der Waals surface area contributed by atoms with Gasteiger partial charge in [0.25, 0.3) is 14.4 Å². The van der Waals surface area contributed by atoms with Gasteiger partial charge in [0.15, 0.2) is 0 Å². The van der Waals surface area contributed by atoms with Gasteiger partial charge in [0.05, 0.1) is 19.3 Å². The van der Waals surface area contributed by atoms with Gasteiger partial charge in [-0.1, -0.05) is 57.2 Å². The summed E-state index contributed by atoms with van der Waals surface area (Å²) in [6.07, 6.45) is 7.18. The second kappa shape index (κ2) is 17.0. The van der Waals surface area contributed by atoms with Crippen LogP contribution >= 0.6 is 8.53 Å². The summed E-state index contributed by atoms with van der Waals surface area (Å²) in [5.41, 5.74) is -0.0961. The lowest BCUT2D eigenvalue weighted by Crippen LogP contribution is -2.36. The summed E-state index contributed by atoms with van der Waals surface area (Å²) in [6, 6.07) is 10.7. The molecule has 1 aliphatic rings. The molecule has 1 fully saturated rings. The number of benzene rings is 1. The monoisotopic (exact) mass is 590 g/mol. The van der Waals surface area contributed by atoms with Gasteiger partial charge in [-0.05, 0) is 52.3 Å². The first kappa shape index (κ1) is 33.3. The smallest absolute Gasteiger partial charge is 0.351 e. The summed E-state index contributed by atoms with van der Waals surface area (Å²) >= 11 is 0. The molecule has 2 N–H and O–H groups in total. The molecule has 41 heavy (non-hydrogen) atoms. The number of carbonyl (C=O) groups excluding carboxylic acids is 1. The van der Waals surface area contributed by atoms with E-state index in [4.69, 9.17) is 13.8 Å². The second-order valence-electron chi connectivity index (χ2n) is 10.9. The molecule has 1 aliphatic heterocycles. The normalized spacial score (nSPS) is 19.8. The van der Waals surface area contributed by atoms with Crippen LogP contribution in [0.15, 0.2) is 47.4 Å². The minimum atomic E-state index is -1.42. The number of hydrogen-bond acceptors (Lipinski definition) is 8. The van der Waals surface area contributed by atoms with Crippen LogP contribution in [0.4, 0.5) is 5.82 Å². The average molecular weight is 591 g/mol. The van der Waals surface area contributed by atoms with Crippen LogP contribution < -0.4 is 11.0 Å². The van der Waals surface area contributed by atoms with E-state index in [1.54, 1.807) is 36.5 Å². The molecule has 11 heteroatoms. The Kier molecular flexibility index (Phi) is 13.8. The molecule has 1 aromatic carbocycles. The fourth-order valence-electron chi connectivity index (χ4n) is 4.89. The highest BCUT2D eigenvalue weighted by atomic mass is 31.2. The Balaban J connectivity index is 1.67. The highest BCUT2D eigenvalue weighted by Crippen LogP contribution is 2.49. The number of carbonyl (C=O) groups is 1. The van der Waals surface area contributed by atoms with Crippen LogP contribution in [0.5, 0.6) is 0 Å². The molecule has 0 spiro atoms. The summed E-state index contributed by atoms with van der Waals surface area (Å²) in [5, 5.41) is 12.8. The minimum Gasteiger partial charge on any atom is -0.394 e. The van der Waals surface area contributed by atoms with Crippen LogP contribution in [0.3, 0.4) is 0 Å². The van der Waals surface area contributed by atoms with E-state index in [1.165, 1.54) is 30.3 Å². The lowest BCUT2D eigenvalue weighted by molar-refractivity contribution is -0.0439. The number of ether oxygens (including phenoxy) is 1. The number of nitrogens with zero attached hydrogens (tertiary/aromatic N) is 3. The van der Waals surface area contributed by atoms with E-state index < -0.39 is 32.7 Å². The second-order valence-corrected chi connectivity index (χ2v) is 12.3. The van der Waals surface area contributed by atoms with Crippen molar-refractivity contribution in [2.45, 2.75) is 110 Å². The van der Waals surface area contributed by atoms with Crippen LogP contribution in [-0.4, -0.2) is 62.7 Å². The third kappa shape index (κ3) is 9.94. The van der Waals surface area contributed by atoms with Gasteiger partial charge in [0.2, 0.25) is 0 Å². The third-order valence-electron chi connectivity index (χ3n) is 6.95. The number of aliphatic hydroxyl groups excluding tert-OH is 1. The molecule has 228 valence electrons. The number of amides is 1. The van der Waals surface area contributed by atoms with Crippen LogP contribution in [-0.2, 0) is 13.8 Å². The van der Waals surface area contributed by atoms with Crippen molar-refractivity contribution in [3.63, 3.8) is 0 Å². The standard InChI is InChI=1S/C30H47N4O6P/c1-6-7-8-9-10-14-19-38-41(34(22(2)3)23(4)5)40-25-20-28(39-26(25)21-35)33-18-17-27(32-30(33)37)31-29(36)24-15-12-11-13-16-24/h11-13,15-18,22-23,25-26,28,35H,6-10,14,19-21H2,1-5H3,(H,31,32,36,37)/t25-,26-,28-,41?/m1/s1. The van der Waals surface area contributed by atoms with Gasteiger partial charge in [0, 0.05) is 30.3 Å². The first-order valence-corrected chi connectivity index (χ1v) is 16.0. The van der Waals surface area contributed by atoms with E-state index in [0.717, 1.165) is 12.8 Å². The van der Waals surface area contributed by atoms with Crippen molar-refractivity contribution in [3.8, 4) is 0 Å². The van der Waals surface area contributed by atoms with Gasteiger partial charge in [-0.3, -0.25) is 9.36 Å². The number of rotatable bonds is 17. The van der Waals surface area contributed by atoms with Crippen molar-refractivity contribution in [1.29, 1.82) is 0 Å². The topological polar surface area (TPSA) is 115 Å². The van der Waals surface area contributed by atoms with Crippen molar-refractivity contribution >= 4 is 20.3 Å². The molecule has 10 nitrogen and oxygen atoms in total. The van der Waals surface area contributed by atoms with Crippen molar-refractivity contribution in [1.82, 2.24) is 14.2 Å². The van der Waals surface area contributed by atoms with Crippen molar-refractivity contribution in [3.05, 3.63) is 58.6 Å². The largest absolute Gasteiger partial charge is 0.394 e. The van der Waals surface area contributed by atoms with Gasteiger partial charge in [-0.15, -0.1) is 0 Å². The zero-order valence-electron chi connectivity index (χ0n) is 25.1. The fourth-order valence-corrected chi connectivity index (χ4v) is 6.69. The highest BCUT2D eigenvalue weighted by Gasteiger charge is 2.41. The van der Waals surface area contributed by atoms with Crippen molar-refractivity contribution < 1.29 is 23.7 Å². The highest BCUT2D eigenvalue weighted by molar-refractivity contribution is 7.44. The Hall–Kier alpha value is -2.20. The van der Waals surface area contributed by atoms with Crippen molar-refractivity contribution in [2.24, 2.45) is 0 Å². The molecule has 1 unspecified atom stereocenters. The Labute approximate surface area is 245 Å². The van der Waals surface area contributed by atoms with E-state index in [1.807, 2.05) is 6.07 Å². The molecule has 4 atom stereocenters. The van der Waals surface area contributed by atoms with E-state index in [-0.39, 0.29) is 30.4 Å². The van der Waals surface area contributed by atoms with Gasteiger partial charge in [0.1, 0.15) is 18.1 Å². The average Bonchev–Trinajstić information content (AvgIpc) is 3.35. The van der Waals surface area contributed by atoms with E-state index in [2.05, 4.69) is 49.6 Å². The zero-order valence-corrected chi connectivity index (χ0v) is 26.0. The molecule has 0 radical (unpaired) electrons. The quantitative estimate of drug-likeness (QED) is 0.173. The SMILES string of the molecule is CCCCCCCCOP(O[C@@H]1C[C@H](n2ccc(NC(=O)c3ccccc3)nc2=O)O[C@@H]1CO)N(C(C)C)C(C)C. The molecular weight excluding hydrogens is 543 g/mol. The minimum absolute atomic E-state index is 0.153. The predicted octanol–water partition coefficient (Wildman–Crippen LogP) is 5.88. The Morgan fingerprint density at radius 3 is 2.44 bits per heavy atom. The van der Waals surface area contributed by atoms with Crippen LogP contribution in [0.1, 0.15) is 96.2 Å². The zero-order chi connectivity index (χ0) is 29.8. The van der Waals surface area contributed by atoms with Crippen LogP contribution in [0.25, 0.3) is 0 Å². The van der Waals surface area contributed by atoms with E-state index in [0.29, 0.717) is 18.6 Å². The maximum Gasteiger partial charge on any atom is 0.351 e.